The largest absolute Gasteiger partial charge is 0.388 e. The highest BCUT2D eigenvalue weighted by Crippen LogP contribution is 2.14. The number of aliphatic hydroxyl groups is 1. The summed E-state index contributed by atoms with van der Waals surface area (Å²) >= 11 is 0. The minimum atomic E-state index is -0.487. The van der Waals surface area contributed by atoms with Gasteiger partial charge in [0, 0.05) is 13.2 Å². The van der Waals surface area contributed by atoms with E-state index in [1.807, 2.05) is 13.8 Å². The molecule has 0 radical (unpaired) electrons. The lowest BCUT2D eigenvalue weighted by Gasteiger charge is -2.22. The molecule has 1 unspecified atom stereocenters. The first kappa shape index (κ1) is 20.9. The predicted octanol–water partition coefficient (Wildman–Crippen LogP) is 5.06. The third kappa shape index (κ3) is 13.3. The van der Waals surface area contributed by atoms with Crippen LogP contribution in [0.5, 0.6) is 0 Å². The summed E-state index contributed by atoms with van der Waals surface area (Å²) in [6.45, 7) is 7.29. The molecule has 3 nitrogen and oxygen atoms in total. The summed E-state index contributed by atoms with van der Waals surface area (Å²) in [4.78, 5) is 0. The number of hydrogen-bond acceptors (Lipinski definition) is 3. The van der Waals surface area contributed by atoms with E-state index in [2.05, 4.69) is 6.92 Å². The first-order chi connectivity index (χ1) is 10.3. The summed E-state index contributed by atoms with van der Waals surface area (Å²) in [5.41, 5.74) is 0. The van der Waals surface area contributed by atoms with Gasteiger partial charge in [0.25, 0.3) is 0 Å². The van der Waals surface area contributed by atoms with E-state index in [1.54, 1.807) is 0 Å². The summed E-state index contributed by atoms with van der Waals surface area (Å²) in [6, 6.07) is 0. The van der Waals surface area contributed by atoms with E-state index in [1.165, 1.54) is 57.8 Å². The molecule has 0 saturated heterocycles. The standard InChI is InChI=1S/C18H38O3/c1-4-7-8-9-10-11-12-13-14-15-16-17(19)18(20-5-2)21-6-3/h17-19H,4-16H2,1-3H3. The molecule has 128 valence electrons. The molecule has 0 bridgehead atoms. The van der Waals surface area contributed by atoms with Crippen molar-refractivity contribution in [1.82, 2.24) is 0 Å². The van der Waals surface area contributed by atoms with Crippen molar-refractivity contribution < 1.29 is 14.6 Å². The van der Waals surface area contributed by atoms with Gasteiger partial charge in [0.15, 0.2) is 6.29 Å². The molecule has 21 heavy (non-hydrogen) atoms. The van der Waals surface area contributed by atoms with E-state index < -0.39 is 12.4 Å². The Bertz CT molecular complexity index is 191. The Hall–Kier alpha value is -0.120. The second-order valence-corrected chi connectivity index (χ2v) is 5.82. The molecule has 0 aromatic rings. The second kappa shape index (κ2) is 16.3. The Morgan fingerprint density at radius 3 is 1.52 bits per heavy atom. The molecule has 1 N–H and O–H groups in total. The maximum absolute atomic E-state index is 10.0. The molecule has 0 amide bonds. The zero-order chi connectivity index (χ0) is 15.8. The van der Waals surface area contributed by atoms with Gasteiger partial charge in [0.1, 0.15) is 6.10 Å². The number of rotatable bonds is 16. The van der Waals surface area contributed by atoms with Gasteiger partial charge in [-0.2, -0.15) is 0 Å². The Morgan fingerprint density at radius 2 is 1.10 bits per heavy atom. The number of unbranched alkanes of at least 4 members (excludes halogenated alkanes) is 9. The van der Waals surface area contributed by atoms with E-state index in [0.717, 1.165) is 12.8 Å². The van der Waals surface area contributed by atoms with Crippen LogP contribution in [0.15, 0.2) is 0 Å². The third-order valence-corrected chi connectivity index (χ3v) is 3.83. The van der Waals surface area contributed by atoms with Gasteiger partial charge < -0.3 is 14.6 Å². The average molecular weight is 302 g/mol. The highest BCUT2D eigenvalue weighted by molar-refractivity contribution is 4.61. The van der Waals surface area contributed by atoms with Crippen LogP contribution in [-0.2, 0) is 9.47 Å². The topological polar surface area (TPSA) is 38.7 Å². The van der Waals surface area contributed by atoms with Crippen molar-refractivity contribution in [2.24, 2.45) is 0 Å². The van der Waals surface area contributed by atoms with Gasteiger partial charge in [-0.3, -0.25) is 0 Å². The van der Waals surface area contributed by atoms with E-state index in [-0.39, 0.29) is 0 Å². The monoisotopic (exact) mass is 302 g/mol. The molecule has 0 aromatic carbocycles. The zero-order valence-electron chi connectivity index (χ0n) is 14.6. The van der Waals surface area contributed by atoms with Crippen molar-refractivity contribution in [2.45, 2.75) is 104 Å². The lowest BCUT2D eigenvalue weighted by molar-refractivity contribution is -0.190. The van der Waals surface area contributed by atoms with Crippen LogP contribution in [0.25, 0.3) is 0 Å². The fourth-order valence-corrected chi connectivity index (χ4v) is 2.58. The van der Waals surface area contributed by atoms with Crippen LogP contribution in [0.1, 0.15) is 91.4 Å². The molecule has 0 aliphatic rings. The predicted molar refractivity (Wildman–Crippen MR) is 89.5 cm³/mol. The molecule has 0 heterocycles. The molecule has 0 aliphatic heterocycles. The van der Waals surface area contributed by atoms with Gasteiger partial charge in [0.05, 0.1) is 0 Å². The fraction of sp³-hybridized carbons (Fsp3) is 1.00. The first-order valence-corrected chi connectivity index (χ1v) is 9.17. The van der Waals surface area contributed by atoms with Crippen LogP contribution >= 0.6 is 0 Å². The highest BCUT2D eigenvalue weighted by atomic mass is 16.7. The fourth-order valence-electron chi connectivity index (χ4n) is 2.58. The maximum Gasteiger partial charge on any atom is 0.183 e. The van der Waals surface area contributed by atoms with E-state index in [4.69, 9.17) is 9.47 Å². The van der Waals surface area contributed by atoms with Crippen LogP contribution < -0.4 is 0 Å². The van der Waals surface area contributed by atoms with Crippen LogP contribution in [0, 0.1) is 0 Å². The van der Waals surface area contributed by atoms with Crippen molar-refractivity contribution >= 4 is 0 Å². The normalized spacial score (nSPS) is 13.0. The van der Waals surface area contributed by atoms with Crippen molar-refractivity contribution in [2.75, 3.05) is 13.2 Å². The molecule has 0 saturated carbocycles. The van der Waals surface area contributed by atoms with Gasteiger partial charge in [-0.1, -0.05) is 71.1 Å². The Morgan fingerprint density at radius 1 is 0.667 bits per heavy atom. The molecule has 1 atom stereocenters. The molecule has 0 aliphatic carbocycles. The Kier molecular flexibility index (Phi) is 16.2. The van der Waals surface area contributed by atoms with Crippen molar-refractivity contribution in [3.8, 4) is 0 Å². The minimum Gasteiger partial charge on any atom is -0.388 e. The van der Waals surface area contributed by atoms with Gasteiger partial charge in [0.2, 0.25) is 0 Å². The molecule has 3 heteroatoms. The average Bonchev–Trinajstić information content (AvgIpc) is 2.48. The Balaban J connectivity index is 3.39. The lowest BCUT2D eigenvalue weighted by Crippen LogP contribution is -2.31. The van der Waals surface area contributed by atoms with Crippen LogP contribution in [-0.4, -0.2) is 30.7 Å². The van der Waals surface area contributed by atoms with Crippen molar-refractivity contribution in [1.29, 1.82) is 0 Å². The minimum absolute atomic E-state index is 0.446. The molecule has 0 aromatic heterocycles. The van der Waals surface area contributed by atoms with Crippen LogP contribution in [0.4, 0.5) is 0 Å². The highest BCUT2D eigenvalue weighted by Gasteiger charge is 2.18. The van der Waals surface area contributed by atoms with Crippen molar-refractivity contribution in [3.63, 3.8) is 0 Å². The number of hydrogen-bond donors (Lipinski definition) is 1. The molecule has 0 fully saturated rings. The zero-order valence-corrected chi connectivity index (χ0v) is 14.6. The second-order valence-electron chi connectivity index (χ2n) is 5.82. The van der Waals surface area contributed by atoms with Gasteiger partial charge >= 0.3 is 0 Å². The summed E-state index contributed by atoms with van der Waals surface area (Å²) in [5.74, 6) is 0. The van der Waals surface area contributed by atoms with E-state index >= 15 is 0 Å². The Labute approximate surface area is 132 Å². The summed E-state index contributed by atoms with van der Waals surface area (Å²) in [7, 11) is 0. The quantitative estimate of drug-likeness (QED) is 0.320. The first-order valence-electron chi connectivity index (χ1n) is 9.17. The summed E-state index contributed by atoms with van der Waals surface area (Å²) in [5, 5.41) is 10.0. The molecule has 0 spiro atoms. The summed E-state index contributed by atoms with van der Waals surface area (Å²) in [6.07, 6.45) is 13.0. The van der Waals surface area contributed by atoms with Crippen molar-refractivity contribution in [3.05, 3.63) is 0 Å². The summed E-state index contributed by atoms with van der Waals surface area (Å²) < 4.78 is 10.8. The van der Waals surface area contributed by atoms with Crippen LogP contribution in [0.2, 0.25) is 0 Å². The molecular weight excluding hydrogens is 264 g/mol. The van der Waals surface area contributed by atoms with Gasteiger partial charge in [-0.25, -0.2) is 0 Å². The number of aliphatic hydroxyl groups excluding tert-OH is 1. The van der Waals surface area contributed by atoms with E-state index in [0.29, 0.717) is 13.2 Å². The lowest BCUT2D eigenvalue weighted by atomic mass is 10.0. The molecule has 0 rings (SSSR count). The van der Waals surface area contributed by atoms with Crippen LogP contribution in [0.3, 0.4) is 0 Å². The smallest absolute Gasteiger partial charge is 0.183 e. The van der Waals surface area contributed by atoms with Gasteiger partial charge in [-0.15, -0.1) is 0 Å². The number of ether oxygens (including phenoxy) is 2. The maximum atomic E-state index is 10.0. The molecular formula is C18H38O3. The van der Waals surface area contributed by atoms with Gasteiger partial charge in [-0.05, 0) is 20.3 Å². The SMILES string of the molecule is CCCCCCCCCCCCC(O)C(OCC)OCC. The van der Waals surface area contributed by atoms with E-state index in [9.17, 15) is 5.11 Å². The third-order valence-electron chi connectivity index (χ3n) is 3.83.